The molecule has 2 fully saturated rings. The van der Waals surface area contributed by atoms with Gasteiger partial charge in [-0.1, -0.05) is 24.4 Å². The number of nitrogens with one attached hydrogen (secondary N) is 1. The van der Waals surface area contributed by atoms with E-state index in [4.69, 9.17) is 16.3 Å². The number of likely N-dealkylation sites (tertiary alicyclic amines) is 1. The number of carbonyl (C=O) groups is 2. The van der Waals surface area contributed by atoms with Crippen LogP contribution in [0.15, 0.2) is 12.1 Å². The van der Waals surface area contributed by atoms with E-state index in [9.17, 15) is 9.59 Å². The Labute approximate surface area is 165 Å². The van der Waals surface area contributed by atoms with Gasteiger partial charge in [-0.25, -0.2) is 4.79 Å². The number of halogens is 1. The van der Waals surface area contributed by atoms with E-state index >= 15 is 0 Å². The summed E-state index contributed by atoms with van der Waals surface area (Å²) in [6.45, 7) is 2.11. The standard InChI is InChI=1S/C20H28ClN3O3/c1-12-9-13-7-5-6-8-17(13)24(12)20(26)22-16-11-14(21)10-15(18(16)27-4)19(25)23(2)3/h10-13,17H,5-9H2,1-4H3,(H,22,26). The number of hydrogen-bond acceptors (Lipinski definition) is 3. The highest BCUT2D eigenvalue weighted by molar-refractivity contribution is 6.31. The minimum absolute atomic E-state index is 0.152. The van der Waals surface area contributed by atoms with Crippen molar-refractivity contribution >= 4 is 29.2 Å². The molecule has 148 valence electrons. The van der Waals surface area contributed by atoms with Gasteiger partial charge in [0.1, 0.15) is 0 Å². The third-order valence-electron chi connectivity index (χ3n) is 5.72. The van der Waals surface area contributed by atoms with Gasteiger partial charge < -0.3 is 19.9 Å². The second kappa shape index (κ2) is 7.97. The molecule has 0 radical (unpaired) electrons. The smallest absolute Gasteiger partial charge is 0.322 e. The number of methoxy groups -OCH3 is 1. The fourth-order valence-corrected chi connectivity index (χ4v) is 4.76. The molecule has 2 aliphatic rings. The number of hydrogen-bond donors (Lipinski definition) is 1. The van der Waals surface area contributed by atoms with Crippen LogP contribution in [0.3, 0.4) is 0 Å². The lowest BCUT2D eigenvalue weighted by atomic mass is 9.85. The normalized spacial score (nSPS) is 24.3. The molecule has 1 aliphatic heterocycles. The molecule has 1 aromatic rings. The van der Waals surface area contributed by atoms with Crippen molar-refractivity contribution in [3.8, 4) is 5.75 Å². The zero-order valence-electron chi connectivity index (χ0n) is 16.4. The second-order valence-corrected chi connectivity index (χ2v) is 8.20. The predicted octanol–water partition coefficient (Wildman–Crippen LogP) is 4.24. The first-order chi connectivity index (χ1) is 12.8. The van der Waals surface area contributed by atoms with E-state index in [1.54, 1.807) is 26.2 Å². The summed E-state index contributed by atoms with van der Waals surface area (Å²) in [5.41, 5.74) is 0.752. The molecule has 0 bridgehead atoms. The Morgan fingerprint density at radius 2 is 1.96 bits per heavy atom. The van der Waals surface area contributed by atoms with Gasteiger partial charge in [-0.15, -0.1) is 0 Å². The van der Waals surface area contributed by atoms with Crippen LogP contribution in [0, 0.1) is 5.92 Å². The molecule has 3 rings (SSSR count). The number of nitrogens with zero attached hydrogens (tertiary/aromatic N) is 2. The Morgan fingerprint density at radius 3 is 2.63 bits per heavy atom. The first-order valence-electron chi connectivity index (χ1n) is 9.52. The molecule has 6 nitrogen and oxygen atoms in total. The monoisotopic (exact) mass is 393 g/mol. The van der Waals surface area contributed by atoms with E-state index < -0.39 is 0 Å². The fourth-order valence-electron chi connectivity index (χ4n) is 4.54. The molecule has 0 aromatic heterocycles. The number of urea groups is 1. The second-order valence-electron chi connectivity index (χ2n) is 7.77. The number of carbonyl (C=O) groups excluding carboxylic acids is 2. The number of anilines is 1. The fraction of sp³-hybridized carbons (Fsp3) is 0.600. The van der Waals surface area contributed by atoms with Gasteiger partial charge in [0.05, 0.1) is 18.4 Å². The molecule has 0 spiro atoms. The van der Waals surface area contributed by atoms with Gasteiger partial charge in [0.25, 0.3) is 5.91 Å². The van der Waals surface area contributed by atoms with Crippen LogP contribution in [0.4, 0.5) is 10.5 Å². The maximum Gasteiger partial charge on any atom is 0.322 e. The van der Waals surface area contributed by atoms with Gasteiger partial charge in [-0.3, -0.25) is 4.79 Å². The van der Waals surface area contributed by atoms with E-state index in [1.165, 1.54) is 31.3 Å². The average molecular weight is 394 g/mol. The Hall–Kier alpha value is -1.95. The summed E-state index contributed by atoms with van der Waals surface area (Å²) in [7, 11) is 4.81. The summed E-state index contributed by atoms with van der Waals surface area (Å²) in [6, 6.07) is 3.53. The summed E-state index contributed by atoms with van der Waals surface area (Å²) in [6.07, 6.45) is 5.72. The Balaban J connectivity index is 1.88. The van der Waals surface area contributed by atoms with Crippen molar-refractivity contribution < 1.29 is 14.3 Å². The number of fused-ring (bicyclic) bond motifs is 1. The van der Waals surface area contributed by atoms with E-state index in [2.05, 4.69) is 12.2 Å². The molecule has 3 unspecified atom stereocenters. The summed E-state index contributed by atoms with van der Waals surface area (Å²) in [5.74, 6) is 0.692. The first kappa shape index (κ1) is 19.8. The van der Waals surface area contributed by atoms with Gasteiger partial charge in [0.2, 0.25) is 0 Å². The summed E-state index contributed by atoms with van der Waals surface area (Å²) >= 11 is 6.22. The molecule has 1 saturated heterocycles. The van der Waals surface area contributed by atoms with Crippen LogP contribution in [-0.4, -0.2) is 55.0 Å². The number of rotatable bonds is 3. The summed E-state index contributed by atoms with van der Waals surface area (Å²) < 4.78 is 5.46. The highest BCUT2D eigenvalue weighted by Crippen LogP contribution is 2.40. The largest absolute Gasteiger partial charge is 0.494 e. The molecule has 1 saturated carbocycles. The number of amides is 3. The van der Waals surface area contributed by atoms with Crippen LogP contribution < -0.4 is 10.1 Å². The summed E-state index contributed by atoms with van der Waals surface area (Å²) in [5, 5.41) is 3.32. The minimum Gasteiger partial charge on any atom is -0.494 e. The lowest BCUT2D eigenvalue weighted by molar-refractivity contribution is 0.0824. The number of benzene rings is 1. The Morgan fingerprint density at radius 1 is 1.26 bits per heavy atom. The third-order valence-corrected chi connectivity index (χ3v) is 5.93. The van der Waals surface area contributed by atoms with Crippen molar-refractivity contribution in [3.05, 3.63) is 22.7 Å². The van der Waals surface area contributed by atoms with E-state index in [0.29, 0.717) is 34.0 Å². The molecule has 1 aliphatic carbocycles. The molecule has 1 aromatic carbocycles. The molecule has 1 N–H and O–H groups in total. The van der Waals surface area contributed by atoms with Crippen molar-refractivity contribution in [2.75, 3.05) is 26.5 Å². The molecule has 27 heavy (non-hydrogen) atoms. The quantitative estimate of drug-likeness (QED) is 0.835. The van der Waals surface area contributed by atoms with E-state index in [0.717, 1.165) is 12.8 Å². The van der Waals surface area contributed by atoms with E-state index in [-0.39, 0.29) is 18.0 Å². The van der Waals surface area contributed by atoms with Gasteiger partial charge >= 0.3 is 6.03 Å². The van der Waals surface area contributed by atoms with Crippen LogP contribution in [-0.2, 0) is 0 Å². The van der Waals surface area contributed by atoms with Crippen LogP contribution in [0.25, 0.3) is 0 Å². The zero-order valence-corrected chi connectivity index (χ0v) is 17.2. The van der Waals surface area contributed by atoms with Gasteiger partial charge in [-0.05, 0) is 44.2 Å². The first-order valence-corrected chi connectivity index (χ1v) is 9.89. The van der Waals surface area contributed by atoms with Crippen LogP contribution >= 0.6 is 11.6 Å². The van der Waals surface area contributed by atoms with Crippen LogP contribution in [0.2, 0.25) is 5.02 Å². The van der Waals surface area contributed by atoms with Crippen LogP contribution in [0.5, 0.6) is 5.75 Å². The van der Waals surface area contributed by atoms with Crippen molar-refractivity contribution in [1.82, 2.24) is 9.80 Å². The predicted molar refractivity (Wildman–Crippen MR) is 107 cm³/mol. The highest BCUT2D eigenvalue weighted by Gasteiger charge is 2.42. The molecule has 1 heterocycles. The SMILES string of the molecule is COc1c(NC(=O)N2C(C)CC3CCCCC32)cc(Cl)cc1C(=O)N(C)C. The summed E-state index contributed by atoms with van der Waals surface area (Å²) in [4.78, 5) is 29.0. The maximum absolute atomic E-state index is 13.1. The van der Waals surface area contributed by atoms with Crippen molar-refractivity contribution in [2.24, 2.45) is 5.92 Å². The lowest BCUT2D eigenvalue weighted by Gasteiger charge is -2.33. The maximum atomic E-state index is 13.1. The average Bonchev–Trinajstić information content (AvgIpc) is 2.96. The lowest BCUT2D eigenvalue weighted by Crippen LogP contribution is -2.44. The van der Waals surface area contributed by atoms with Gasteiger partial charge in [0.15, 0.2) is 5.75 Å². The minimum atomic E-state index is -0.230. The van der Waals surface area contributed by atoms with Crippen LogP contribution in [0.1, 0.15) is 49.4 Å². The molecule has 7 heteroatoms. The zero-order chi connectivity index (χ0) is 19.7. The van der Waals surface area contributed by atoms with Gasteiger partial charge in [0, 0.05) is 31.2 Å². The van der Waals surface area contributed by atoms with E-state index in [1.807, 2.05) is 4.90 Å². The molecule has 3 atom stereocenters. The number of ether oxygens (including phenoxy) is 1. The highest BCUT2D eigenvalue weighted by atomic mass is 35.5. The molecular weight excluding hydrogens is 366 g/mol. The Bertz CT molecular complexity index is 737. The topological polar surface area (TPSA) is 61.9 Å². The van der Waals surface area contributed by atoms with Crippen molar-refractivity contribution in [3.63, 3.8) is 0 Å². The molecule has 3 amide bonds. The Kier molecular flexibility index (Phi) is 5.84. The van der Waals surface area contributed by atoms with Crippen molar-refractivity contribution in [1.29, 1.82) is 0 Å². The molecular formula is C20H28ClN3O3. The van der Waals surface area contributed by atoms with Gasteiger partial charge in [-0.2, -0.15) is 0 Å². The van der Waals surface area contributed by atoms with Crippen molar-refractivity contribution in [2.45, 2.75) is 51.1 Å². The third kappa shape index (κ3) is 3.86.